The quantitative estimate of drug-likeness (QED) is 0.828. The average Bonchev–Trinajstić information content (AvgIpc) is 2.47. The normalized spacial score (nSPS) is 9.85. The van der Waals surface area contributed by atoms with E-state index in [-0.39, 0.29) is 11.6 Å². The standard InChI is InChI=1S/C14H13N3O3/c1-20-14(19)9-3-2-4-10(7-9)17-13(18)11-5-6-16-8-12(11)15/h2-8H,15H2,1H3,(H,17,18). The molecule has 2 aromatic rings. The molecular weight excluding hydrogens is 258 g/mol. The van der Waals surface area contributed by atoms with Gasteiger partial charge in [-0.2, -0.15) is 0 Å². The van der Waals surface area contributed by atoms with Crippen LogP contribution in [0.3, 0.4) is 0 Å². The van der Waals surface area contributed by atoms with Crippen molar-refractivity contribution < 1.29 is 14.3 Å². The number of nitrogen functional groups attached to an aromatic ring is 1. The molecule has 6 nitrogen and oxygen atoms in total. The van der Waals surface area contributed by atoms with Gasteiger partial charge in [-0.25, -0.2) is 4.79 Å². The van der Waals surface area contributed by atoms with Crippen molar-refractivity contribution in [3.8, 4) is 0 Å². The van der Waals surface area contributed by atoms with Gasteiger partial charge in [0.15, 0.2) is 0 Å². The van der Waals surface area contributed by atoms with Gasteiger partial charge in [0.05, 0.1) is 30.1 Å². The van der Waals surface area contributed by atoms with Gasteiger partial charge in [-0.3, -0.25) is 9.78 Å². The third kappa shape index (κ3) is 2.92. The van der Waals surface area contributed by atoms with Crippen LogP contribution in [0.1, 0.15) is 20.7 Å². The van der Waals surface area contributed by atoms with Crippen LogP contribution in [-0.2, 0) is 4.74 Å². The van der Waals surface area contributed by atoms with Crippen LogP contribution < -0.4 is 11.1 Å². The lowest BCUT2D eigenvalue weighted by Crippen LogP contribution is -2.14. The van der Waals surface area contributed by atoms with Crippen molar-refractivity contribution in [3.63, 3.8) is 0 Å². The second kappa shape index (κ2) is 5.83. The number of hydrogen-bond acceptors (Lipinski definition) is 5. The minimum absolute atomic E-state index is 0.286. The van der Waals surface area contributed by atoms with Gasteiger partial charge >= 0.3 is 5.97 Å². The van der Waals surface area contributed by atoms with E-state index in [1.54, 1.807) is 18.2 Å². The number of hydrogen-bond donors (Lipinski definition) is 2. The highest BCUT2D eigenvalue weighted by Gasteiger charge is 2.11. The first-order chi connectivity index (χ1) is 9.61. The van der Waals surface area contributed by atoms with E-state index in [2.05, 4.69) is 15.0 Å². The van der Waals surface area contributed by atoms with Gasteiger partial charge in [0.2, 0.25) is 0 Å². The van der Waals surface area contributed by atoms with Crippen LogP contribution in [0, 0.1) is 0 Å². The molecule has 0 bridgehead atoms. The van der Waals surface area contributed by atoms with E-state index in [1.807, 2.05) is 0 Å². The number of amides is 1. The maximum Gasteiger partial charge on any atom is 0.337 e. The number of methoxy groups -OCH3 is 1. The Balaban J connectivity index is 2.20. The molecule has 102 valence electrons. The fraction of sp³-hybridized carbons (Fsp3) is 0.0714. The highest BCUT2D eigenvalue weighted by Crippen LogP contribution is 2.15. The SMILES string of the molecule is COC(=O)c1cccc(NC(=O)c2ccncc2N)c1. The van der Waals surface area contributed by atoms with Crippen LogP contribution in [0.25, 0.3) is 0 Å². The number of nitrogens with one attached hydrogen (secondary N) is 1. The van der Waals surface area contributed by atoms with Gasteiger partial charge in [-0.05, 0) is 24.3 Å². The Morgan fingerprint density at radius 3 is 2.80 bits per heavy atom. The summed E-state index contributed by atoms with van der Waals surface area (Å²) in [6, 6.07) is 7.97. The molecule has 0 saturated heterocycles. The van der Waals surface area contributed by atoms with Crippen molar-refractivity contribution in [1.82, 2.24) is 4.98 Å². The van der Waals surface area contributed by atoms with Crippen LogP contribution in [0.15, 0.2) is 42.7 Å². The van der Waals surface area contributed by atoms with E-state index >= 15 is 0 Å². The summed E-state index contributed by atoms with van der Waals surface area (Å²) in [6.07, 6.45) is 2.88. The number of anilines is 2. The Morgan fingerprint density at radius 2 is 2.10 bits per heavy atom. The van der Waals surface area contributed by atoms with Crippen LogP contribution >= 0.6 is 0 Å². The molecule has 0 aliphatic rings. The summed E-state index contributed by atoms with van der Waals surface area (Å²) in [5.74, 6) is -0.837. The molecule has 0 aliphatic heterocycles. The van der Waals surface area contributed by atoms with Crippen molar-refractivity contribution in [2.45, 2.75) is 0 Å². The van der Waals surface area contributed by atoms with Crippen LogP contribution in [-0.4, -0.2) is 24.0 Å². The highest BCUT2D eigenvalue weighted by atomic mass is 16.5. The van der Waals surface area contributed by atoms with Crippen LogP contribution in [0.2, 0.25) is 0 Å². The van der Waals surface area contributed by atoms with Crippen LogP contribution in [0.5, 0.6) is 0 Å². The molecule has 6 heteroatoms. The fourth-order valence-corrected chi connectivity index (χ4v) is 1.65. The number of pyridine rings is 1. The summed E-state index contributed by atoms with van der Waals surface area (Å²) in [5, 5.41) is 2.66. The van der Waals surface area contributed by atoms with Crippen molar-refractivity contribution in [3.05, 3.63) is 53.9 Å². The number of aromatic nitrogens is 1. The molecular formula is C14H13N3O3. The van der Waals surface area contributed by atoms with E-state index < -0.39 is 5.97 Å². The number of ether oxygens (including phenoxy) is 1. The number of rotatable bonds is 3. The van der Waals surface area contributed by atoms with E-state index in [0.29, 0.717) is 16.8 Å². The second-order valence-corrected chi connectivity index (χ2v) is 3.99. The van der Waals surface area contributed by atoms with Crippen molar-refractivity contribution in [2.75, 3.05) is 18.2 Å². The maximum atomic E-state index is 12.1. The third-order valence-electron chi connectivity index (χ3n) is 2.64. The summed E-state index contributed by atoms with van der Waals surface area (Å²) in [6.45, 7) is 0. The summed E-state index contributed by atoms with van der Waals surface area (Å²) < 4.78 is 4.62. The van der Waals surface area contributed by atoms with Crippen molar-refractivity contribution in [2.24, 2.45) is 0 Å². The Bertz CT molecular complexity index is 656. The Hall–Kier alpha value is -2.89. The molecule has 0 unspecified atom stereocenters. The van der Waals surface area contributed by atoms with Gasteiger partial charge in [0.1, 0.15) is 0 Å². The Morgan fingerprint density at radius 1 is 1.30 bits per heavy atom. The van der Waals surface area contributed by atoms with Gasteiger partial charge in [-0.15, -0.1) is 0 Å². The number of carbonyl (C=O) groups excluding carboxylic acids is 2. The molecule has 0 radical (unpaired) electrons. The molecule has 0 atom stereocenters. The number of benzene rings is 1. The van der Waals surface area contributed by atoms with E-state index in [4.69, 9.17) is 5.73 Å². The van der Waals surface area contributed by atoms with E-state index in [9.17, 15) is 9.59 Å². The average molecular weight is 271 g/mol. The lowest BCUT2D eigenvalue weighted by molar-refractivity contribution is 0.0600. The monoisotopic (exact) mass is 271 g/mol. The van der Waals surface area contributed by atoms with Gasteiger partial charge in [-0.1, -0.05) is 6.07 Å². The molecule has 2 rings (SSSR count). The summed E-state index contributed by atoms with van der Waals surface area (Å²) in [5.41, 5.74) is 7.12. The fourth-order valence-electron chi connectivity index (χ4n) is 1.65. The number of nitrogens with zero attached hydrogens (tertiary/aromatic N) is 1. The highest BCUT2D eigenvalue weighted by molar-refractivity contribution is 6.07. The molecule has 0 saturated carbocycles. The predicted octanol–water partition coefficient (Wildman–Crippen LogP) is 1.70. The topological polar surface area (TPSA) is 94.3 Å². The van der Waals surface area contributed by atoms with Gasteiger partial charge < -0.3 is 15.8 Å². The lowest BCUT2D eigenvalue weighted by atomic mass is 10.2. The van der Waals surface area contributed by atoms with Crippen LogP contribution in [0.4, 0.5) is 11.4 Å². The lowest BCUT2D eigenvalue weighted by Gasteiger charge is -2.08. The predicted molar refractivity (Wildman–Crippen MR) is 74.4 cm³/mol. The first-order valence-electron chi connectivity index (χ1n) is 5.81. The molecule has 1 amide bonds. The molecule has 3 N–H and O–H groups in total. The number of carbonyl (C=O) groups is 2. The molecule has 1 aromatic carbocycles. The minimum atomic E-state index is -0.468. The zero-order valence-corrected chi connectivity index (χ0v) is 10.8. The summed E-state index contributed by atoms with van der Waals surface area (Å²) in [7, 11) is 1.30. The Kier molecular flexibility index (Phi) is 3.95. The molecule has 0 aliphatic carbocycles. The minimum Gasteiger partial charge on any atom is -0.465 e. The van der Waals surface area contributed by atoms with E-state index in [0.717, 1.165) is 0 Å². The number of nitrogens with two attached hydrogens (primary N) is 1. The zero-order valence-electron chi connectivity index (χ0n) is 10.8. The first kappa shape index (κ1) is 13.5. The van der Waals surface area contributed by atoms with Gasteiger partial charge in [0, 0.05) is 11.9 Å². The molecule has 0 fully saturated rings. The Labute approximate surface area is 115 Å². The molecule has 20 heavy (non-hydrogen) atoms. The smallest absolute Gasteiger partial charge is 0.337 e. The first-order valence-corrected chi connectivity index (χ1v) is 5.81. The second-order valence-electron chi connectivity index (χ2n) is 3.99. The third-order valence-corrected chi connectivity index (χ3v) is 2.64. The molecule has 1 heterocycles. The van der Waals surface area contributed by atoms with Crippen molar-refractivity contribution >= 4 is 23.3 Å². The largest absolute Gasteiger partial charge is 0.465 e. The summed E-state index contributed by atoms with van der Waals surface area (Å²) in [4.78, 5) is 27.3. The van der Waals surface area contributed by atoms with Gasteiger partial charge in [0.25, 0.3) is 5.91 Å². The zero-order chi connectivity index (χ0) is 14.5. The summed E-state index contributed by atoms with van der Waals surface area (Å²) >= 11 is 0. The van der Waals surface area contributed by atoms with E-state index in [1.165, 1.54) is 31.6 Å². The molecule has 1 aromatic heterocycles. The maximum absolute atomic E-state index is 12.1. The molecule has 0 spiro atoms. The van der Waals surface area contributed by atoms with Crippen molar-refractivity contribution in [1.29, 1.82) is 0 Å². The number of esters is 1.